The van der Waals surface area contributed by atoms with E-state index in [4.69, 9.17) is 15.0 Å². The second-order valence-corrected chi connectivity index (χ2v) is 10.2. The topological polar surface area (TPSA) is 82.4 Å². The summed E-state index contributed by atoms with van der Waals surface area (Å²) in [7, 11) is 0. The Bertz CT molecular complexity index is 1350. The molecule has 0 radical (unpaired) electrons. The molecule has 2 unspecified atom stereocenters. The molecular weight excluding hydrogens is 455 g/mol. The van der Waals surface area contributed by atoms with E-state index >= 15 is 0 Å². The van der Waals surface area contributed by atoms with Crippen LogP contribution in [0.25, 0.3) is 27.7 Å². The molecule has 1 aliphatic heterocycles. The number of aliphatic hydroxyl groups is 1. The number of aliphatic hydroxyl groups excluding tert-OH is 1. The third kappa shape index (κ3) is 4.23. The van der Waals surface area contributed by atoms with E-state index in [0.717, 1.165) is 70.6 Å². The highest BCUT2D eigenvalue weighted by Gasteiger charge is 2.27. The van der Waals surface area contributed by atoms with Crippen molar-refractivity contribution in [2.45, 2.75) is 78.2 Å². The van der Waals surface area contributed by atoms with Crippen molar-refractivity contribution in [3.63, 3.8) is 0 Å². The Kier molecular flexibility index (Phi) is 6.68. The fourth-order valence-electron chi connectivity index (χ4n) is 5.61. The molecule has 2 atom stereocenters. The van der Waals surface area contributed by atoms with Crippen molar-refractivity contribution >= 4 is 22.3 Å². The van der Waals surface area contributed by atoms with Crippen molar-refractivity contribution in [2.24, 2.45) is 0 Å². The normalized spacial score (nSPS) is 19.1. The van der Waals surface area contributed by atoms with E-state index in [1.165, 1.54) is 0 Å². The lowest BCUT2D eigenvalue weighted by atomic mass is 9.83. The van der Waals surface area contributed by atoms with Gasteiger partial charge < -0.3 is 15.1 Å². The van der Waals surface area contributed by atoms with Crippen LogP contribution >= 0.6 is 0 Å². The average molecular weight is 491 g/mol. The lowest BCUT2D eigenvalue weighted by Crippen LogP contribution is -2.39. The first-order valence-electron chi connectivity index (χ1n) is 13.2. The highest BCUT2D eigenvalue weighted by molar-refractivity contribution is 5.96. The summed E-state index contributed by atoms with van der Waals surface area (Å²) < 4.78 is 14.9. The van der Waals surface area contributed by atoms with Gasteiger partial charge in [0.25, 0.3) is 0 Å². The third-order valence-electron chi connectivity index (χ3n) is 7.78. The van der Waals surface area contributed by atoms with Gasteiger partial charge in [0, 0.05) is 42.8 Å². The van der Waals surface area contributed by atoms with E-state index < -0.39 is 0 Å². The van der Waals surface area contributed by atoms with Gasteiger partial charge in [0.05, 0.1) is 22.7 Å². The number of aromatic hydroxyl groups is 1. The molecule has 3 heterocycles. The zero-order valence-electron chi connectivity index (χ0n) is 21.6. The molecule has 1 saturated heterocycles. The molecule has 6 nitrogen and oxygen atoms in total. The van der Waals surface area contributed by atoms with Gasteiger partial charge in [-0.15, -0.1) is 0 Å². The van der Waals surface area contributed by atoms with Crippen LogP contribution in [0.1, 0.15) is 81.3 Å². The Morgan fingerprint density at radius 3 is 2.72 bits per heavy atom. The van der Waals surface area contributed by atoms with Gasteiger partial charge in [-0.25, -0.2) is 14.4 Å². The molecule has 36 heavy (non-hydrogen) atoms. The summed E-state index contributed by atoms with van der Waals surface area (Å²) in [5, 5.41) is 21.7. The number of piperidine rings is 1. The van der Waals surface area contributed by atoms with Crippen LogP contribution < -0.4 is 4.90 Å². The zero-order valence-corrected chi connectivity index (χ0v) is 21.6. The summed E-state index contributed by atoms with van der Waals surface area (Å²) in [5.41, 5.74) is 5.64. The zero-order chi connectivity index (χ0) is 25.6. The van der Waals surface area contributed by atoms with Crippen LogP contribution in [0.3, 0.4) is 0 Å². The van der Waals surface area contributed by atoms with Crippen molar-refractivity contribution in [3.8, 4) is 17.0 Å². The fourth-order valence-corrected chi connectivity index (χ4v) is 5.61. The third-order valence-corrected chi connectivity index (χ3v) is 7.78. The van der Waals surface area contributed by atoms with E-state index in [9.17, 15) is 14.6 Å². The molecule has 3 aromatic rings. The first kappa shape index (κ1) is 24.6. The minimum Gasteiger partial charge on any atom is -0.508 e. The van der Waals surface area contributed by atoms with E-state index in [2.05, 4.69) is 18.7 Å². The second-order valence-electron chi connectivity index (χ2n) is 10.2. The maximum Gasteiger partial charge on any atom is 0.141 e. The van der Waals surface area contributed by atoms with Crippen LogP contribution in [0, 0.1) is 6.92 Å². The Balaban J connectivity index is 1.76. The van der Waals surface area contributed by atoms with E-state index in [1.807, 2.05) is 13.8 Å². The first-order chi connectivity index (χ1) is 17.3. The molecule has 1 aromatic carbocycles. The molecule has 2 N–H and O–H groups in total. The van der Waals surface area contributed by atoms with Crippen LogP contribution in [0.2, 0.25) is 0 Å². The van der Waals surface area contributed by atoms with E-state index in [-0.39, 0.29) is 23.6 Å². The number of halogens is 1. The van der Waals surface area contributed by atoms with Gasteiger partial charge in [0.15, 0.2) is 0 Å². The van der Waals surface area contributed by atoms with Crippen molar-refractivity contribution in [1.82, 2.24) is 15.0 Å². The maximum atomic E-state index is 14.9. The van der Waals surface area contributed by atoms with E-state index in [0.29, 0.717) is 37.1 Å². The average Bonchev–Trinajstić information content (AvgIpc) is 2.87. The lowest BCUT2D eigenvalue weighted by molar-refractivity contribution is 0.154. The predicted octanol–water partition coefficient (Wildman–Crippen LogP) is 6.22. The van der Waals surface area contributed by atoms with Crippen molar-refractivity contribution in [3.05, 3.63) is 46.7 Å². The van der Waals surface area contributed by atoms with Gasteiger partial charge in [-0.2, -0.15) is 0 Å². The standard InChI is InChI=1S/C29H35FN4O2/c1-5-16(3)28-32-27-17(4)26(31-14-23(27)29(33-28)34-11-7-8-19(35)15-34)22-13-20(36)12-18-9-10-24(30)21(6-2)25(18)22/h12-14,16,19,35-36H,5-11,15H2,1-4H3. The molecule has 0 saturated carbocycles. The summed E-state index contributed by atoms with van der Waals surface area (Å²) >= 11 is 0. The lowest BCUT2D eigenvalue weighted by Gasteiger charge is -2.32. The Morgan fingerprint density at radius 1 is 1.19 bits per heavy atom. The molecule has 190 valence electrons. The molecule has 0 bridgehead atoms. The number of fused-ring (bicyclic) bond motifs is 2. The van der Waals surface area contributed by atoms with Crippen LogP contribution in [-0.4, -0.2) is 44.4 Å². The molecule has 2 aliphatic rings. The summed E-state index contributed by atoms with van der Waals surface area (Å²) in [6.45, 7) is 9.58. The molecule has 2 aromatic heterocycles. The monoisotopic (exact) mass is 490 g/mol. The number of phenolic OH excluding ortho intramolecular Hbond substituents is 1. The van der Waals surface area contributed by atoms with Gasteiger partial charge in [0.2, 0.25) is 0 Å². The Labute approximate surface area is 211 Å². The van der Waals surface area contributed by atoms with Crippen LogP contribution in [0.15, 0.2) is 24.2 Å². The number of pyridine rings is 1. The second kappa shape index (κ2) is 9.77. The maximum absolute atomic E-state index is 14.9. The van der Waals surface area contributed by atoms with Gasteiger partial charge in [-0.3, -0.25) is 4.98 Å². The molecule has 0 spiro atoms. The van der Waals surface area contributed by atoms with Crippen molar-refractivity contribution in [2.75, 3.05) is 18.0 Å². The number of aromatic nitrogens is 3. The number of benzene rings is 1. The Hall–Kier alpha value is -3.06. The molecular formula is C29H35FN4O2. The van der Waals surface area contributed by atoms with Gasteiger partial charge in [-0.05, 0) is 67.9 Å². The largest absolute Gasteiger partial charge is 0.508 e. The van der Waals surface area contributed by atoms with Gasteiger partial charge in [-0.1, -0.05) is 20.8 Å². The smallest absolute Gasteiger partial charge is 0.141 e. The number of rotatable bonds is 5. The summed E-state index contributed by atoms with van der Waals surface area (Å²) in [6.07, 6.45) is 5.53. The Morgan fingerprint density at radius 2 is 2.00 bits per heavy atom. The van der Waals surface area contributed by atoms with Crippen LogP contribution in [0.4, 0.5) is 10.2 Å². The van der Waals surface area contributed by atoms with E-state index in [1.54, 1.807) is 18.3 Å². The first-order valence-corrected chi connectivity index (χ1v) is 13.2. The quantitative estimate of drug-likeness (QED) is 0.442. The van der Waals surface area contributed by atoms with Crippen molar-refractivity contribution < 1.29 is 14.6 Å². The minimum atomic E-state index is -0.378. The van der Waals surface area contributed by atoms with Crippen LogP contribution in [0.5, 0.6) is 5.75 Å². The molecule has 5 rings (SSSR count). The summed E-state index contributed by atoms with van der Waals surface area (Å²) in [5.74, 6) is 1.85. The summed E-state index contributed by atoms with van der Waals surface area (Å²) in [6, 6.07) is 3.45. The highest BCUT2D eigenvalue weighted by atomic mass is 19.1. The molecule has 7 heteroatoms. The van der Waals surface area contributed by atoms with Gasteiger partial charge >= 0.3 is 0 Å². The number of allylic oxidation sites excluding steroid dienone is 2. The number of phenols is 1. The number of aryl methyl sites for hydroxylation is 2. The highest BCUT2D eigenvalue weighted by Crippen LogP contribution is 2.43. The van der Waals surface area contributed by atoms with Crippen molar-refractivity contribution in [1.29, 1.82) is 0 Å². The number of nitrogens with zero attached hydrogens (tertiary/aromatic N) is 4. The summed E-state index contributed by atoms with van der Waals surface area (Å²) in [4.78, 5) is 17.0. The number of anilines is 1. The molecule has 1 fully saturated rings. The minimum absolute atomic E-state index is 0.0808. The van der Waals surface area contributed by atoms with Gasteiger partial charge in [0.1, 0.15) is 23.2 Å². The SMILES string of the molecule is CCC1=C(F)CCc2cc(O)cc(-c3ncc4c(N5CCCC(O)C5)nc(C(C)CC)nc4c3C)c21. The number of β-amino-alcohol motifs (C(OH)–C–C–N with tert-alkyl or cyclic N) is 1. The predicted molar refractivity (Wildman–Crippen MR) is 142 cm³/mol. The molecule has 0 amide bonds. The fraction of sp³-hybridized carbons (Fsp3) is 0.483. The number of hydrogen-bond donors (Lipinski definition) is 2. The number of hydrogen-bond acceptors (Lipinski definition) is 6. The van der Waals surface area contributed by atoms with Crippen LogP contribution in [-0.2, 0) is 6.42 Å². The molecule has 1 aliphatic carbocycles.